The predicted molar refractivity (Wildman–Crippen MR) is 90.2 cm³/mol. The molecule has 4 heteroatoms. The fraction of sp³-hybridized carbons (Fsp3) is 0.316. The highest BCUT2D eigenvalue weighted by Crippen LogP contribution is 2.33. The van der Waals surface area contributed by atoms with Gasteiger partial charge in [0.15, 0.2) is 11.5 Å². The molecule has 0 saturated heterocycles. The quantitative estimate of drug-likeness (QED) is 0.908. The van der Waals surface area contributed by atoms with E-state index in [-0.39, 0.29) is 11.8 Å². The van der Waals surface area contributed by atoms with Crippen molar-refractivity contribution in [1.29, 1.82) is 0 Å². The Hall–Kier alpha value is -2.49. The second-order valence-corrected chi connectivity index (χ2v) is 5.60. The molecule has 0 aliphatic carbocycles. The van der Waals surface area contributed by atoms with Crippen molar-refractivity contribution in [3.8, 4) is 11.5 Å². The van der Waals surface area contributed by atoms with Crippen molar-refractivity contribution < 1.29 is 14.3 Å². The summed E-state index contributed by atoms with van der Waals surface area (Å²) in [6, 6.07) is 15.4. The summed E-state index contributed by atoms with van der Waals surface area (Å²) in [7, 11) is 0. The molecule has 1 aliphatic heterocycles. The Bertz CT molecular complexity index is 670. The first-order chi connectivity index (χ1) is 11.3. The van der Waals surface area contributed by atoms with Crippen molar-refractivity contribution in [2.24, 2.45) is 0 Å². The smallest absolute Gasteiger partial charge is 0.231 e. The molecule has 23 heavy (non-hydrogen) atoms. The molecule has 0 bridgehead atoms. The van der Waals surface area contributed by atoms with E-state index in [0.717, 1.165) is 29.8 Å². The van der Waals surface area contributed by atoms with Gasteiger partial charge in [-0.25, -0.2) is 0 Å². The van der Waals surface area contributed by atoms with Gasteiger partial charge in [0.2, 0.25) is 5.91 Å². The molecule has 1 atom stereocenters. The number of benzene rings is 2. The van der Waals surface area contributed by atoms with E-state index in [1.54, 1.807) is 0 Å². The molecule has 1 N–H and O–H groups in total. The van der Waals surface area contributed by atoms with Crippen LogP contribution in [0.2, 0.25) is 0 Å². The Morgan fingerprint density at radius 2 is 1.83 bits per heavy atom. The third kappa shape index (κ3) is 3.65. The minimum Gasteiger partial charge on any atom is -0.486 e. The Kier molecular flexibility index (Phi) is 4.81. The van der Waals surface area contributed by atoms with Gasteiger partial charge in [-0.3, -0.25) is 4.79 Å². The third-order valence-electron chi connectivity index (χ3n) is 3.91. The van der Waals surface area contributed by atoms with Gasteiger partial charge in [0.05, 0.1) is 5.92 Å². The topological polar surface area (TPSA) is 47.6 Å². The second-order valence-electron chi connectivity index (χ2n) is 5.60. The van der Waals surface area contributed by atoms with Crippen LogP contribution in [0.5, 0.6) is 11.5 Å². The number of hydrogen-bond donors (Lipinski definition) is 1. The number of rotatable bonds is 5. The number of carbonyl (C=O) groups excluding carboxylic acids is 1. The molecule has 0 spiro atoms. The first-order valence-electron chi connectivity index (χ1n) is 8.03. The van der Waals surface area contributed by atoms with Crippen molar-refractivity contribution in [2.45, 2.75) is 25.7 Å². The summed E-state index contributed by atoms with van der Waals surface area (Å²) in [5.74, 6) is 1.27. The number of carbonyl (C=O) groups is 1. The first-order valence-corrected chi connectivity index (χ1v) is 8.03. The minimum absolute atomic E-state index is 0.00901. The van der Waals surface area contributed by atoms with Crippen LogP contribution in [0.3, 0.4) is 0 Å². The Labute approximate surface area is 136 Å². The van der Waals surface area contributed by atoms with Gasteiger partial charge in [-0.2, -0.15) is 0 Å². The molecular weight excluding hydrogens is 290 g/mol. The van der Waals surface area contributed by atoms with Crippen LogP contribution < -0.4 is 14.8 Å². The third-order valence-corrected chi connectivity index (χ3v) is 3.91. The van der Waals surface area contributed by atoms with Gasteiger partial charge in [0.1, 0.15) is 13.2 Å². The monoisotopic (exact) mass is 311 g/mol. The molecule has 1 amide bonds. The maximum Gasteiger partial charge on any atom is 0.231 e. The van der Waals surface area contributed by atoms with E-state index >= 15 is 0 Å². The largest absolute Gasteiger partial charge is 0.486 e. The number of anilines is 1. The van der Waals surface area contributed by atoms with Gasteiger partial charge in [-0.1, -0.05) is 43.7 Å². The number of hydrogen-bond acceptors (Lipinski definition) is 3. The number of ether oxygens (including phenoxy) is 2. The van der Waals surface area contributed by atoms with Crippen LogP contribution >= 0.6 is 0 Å². The van der Waals surface area contributed by atoms with Crippen LogP contribution in [0.4, 0.5) is 5.69 Å². The van der Waals surface area contributed by atoms with Crippen molar-refractivity contribution in [1.82, 2.24) is 0 Å². The zero-order valence-corrected chi connectivity index (χ0v) is 13.2. The Morgan fingerprint density at radius 3 is 2.57 bits per heavy atom. The van der Waals surface area contributed by atoms with Gasteiger partial charge >= 0.3 is 0 Å². The summed E-state index contributed by atoms with van der Waals surface area (Å²) in [4.78, 5) is 12.7. The highest BCUT2D eigenvalue weighted by atomic mass is 16.6. The first kappa shape index (κ1) is 15.4. The summed E-state index contributed by atoms with van der Waals surface area (Å²) >= 11 is 0. The molecule has 4 nitrogen and oxygen atoms in total. The zero-order chi connectivity index (χ0) is 16.1. The lowest BCUT2D eigenvalue weighted by atomic mass is 9.93. The lowest BCUT2D eigenvalue weighted by molar-refractivity contribution is -0.117. The van der Waals surface area contributed by atoms with Crippen LogP contribution in [0.15, 0.2) is 48.5 Å². The van der Waals surface area contributed by atoms with E-state index in [1.165, 1.54) is 0 Å². The molecule has 0 fully saturated rings. The fourth-order valence-corrected chi connectivity index (χ4v) is 2.77. The summed E-state index contributed by atoms with van der Waals surface area (Å²) in [6.45, 7) is 3.19. The fourth-order valence-electron chi connectivity index (χ4n) is 2.77. The predicted octanol–water partition coefficient (Wildman–Crippen LogP) is 3.98. The maximum atomic E-state index is 12.7. The average Bonchev–Trinajstić information content (AvgIpc) is 2.60. The van der Waals surface area contributed by atoms with E-state index in [4.69, 9.17) is 9.47 Å². The molecule has 0 radical (unpaired) electrons. The van der Waals surface area contributed by atoms with Gasteiger partial charge < -0.3 is 14.8 Å². The van der Waals surface area contributed by atoms with Crippen molar-refractivity contribution >= 4 is 11.6 Å². The average molecular weight is 311 g/mol. The van der Waals surface area contributed by atoms with Gasteiger partial charge in [0, 0.05) is 11.8 Å². The lowest BCUT2D eigenvalue weighted by Gasteiger charge is -2.20. The molecule has 3 rings (SSSR count). The van der Waals surface area contributed by atoms with Crippen LogP contribution in [0.1, 0.15) is 31.2 Å². The van der Waals surface area contributed by atoms with Crippen molar-refractivity contribution in [3.05, 3.63) is 54.1 Å². The lowest BCUT2D eigenvalue weighted by Crippen LogP contribution is -2.21. The normalized spacial score (nSPS) is 14.1. The van der Waals surface area contributed by atoms with Gasteiger partial charge in [-0.05, 0) is 24.1 Å². The van der Waals surface area contributed by atoms with Crippen LogP contribution in [0.25, 0.3) is 0 Å². The summed E-state index contributed by atoms with van der Waals surface area (Å²) < 4.78 is 11.1. The Balaban J connectivity index is 1.76. The molecule has 2 aromatic carbocycles. The van der Waals surface area contributed by atoms with Crippen LogP contribution in [-0.4, -0.2) is 19.1 Å². The van der Waals surface area contributed by atoms with Crippen LogP contribution in [-0.2, 0) is 4.79 Å². The number of nitrogens with one attached hydrogen (secondary N) is 1. The van der Waals surface area contributed by atoms with Crippen LogP contribution in [0, 0.1) is 0 Å². The van der Waals surface area contributed by atoms with E-state index in [9.17, 15) is 4.79 Å². The molecule has 0 saturated carbocycles. The molecule has 120 valence electrons. The SMILES string of the molecule is CCC[C@@H](C(=O)Nc1ccc2c(c1)OCCO2)c1ccccc1. The van der Waals surface area contributed by atoms with E-state index < -0.39 is 0 Å². The number of amides is 1. The van der Waals surface area contributed by atoms with Gasteiger partial charge in [-0.15, -0.1) is 0 Å². The molecule has 0 aromatic heterocycles. The molecule has 1 aliphatic rings. The zero-order valence-electron chi connectivity index (χ0n) is 13.2. The highest BCUT2D eigenvalue weighted by molar-refractivity contribution is 5.96. The molecule has 2 aromatic rings. The standard InChI is InChI=1S/C19H21NO3/c1-2-6-16(14-7-4-3-5-8-14)19(21)20-15-9-10-17-18(13-15)23-12-11-22-17/h3-5,7-10,13,16H,2,6,11-12H2,1H3,(H,20,21)/t16-/m1/s1. The van der Waals surface area contributed by atoms with Crippen molar-refractivity contribution in [3.63, 3.8) is 0 Å². The van der Waals surface area contributed by atoms with E-state index in [2.05, 4.69) is 12.2 Å². The molecular formula is C19H21NO3. The minimum atomic E-state index is -0.144. The molecule has 0 unspecified atom stereocenters. The summed E-state index contributed by atoms with van der Waals surface area (Å²) in [5, 5.41) is 3.00. The maximum absolute atomic E-state index is 12.7. The highest BCUT2D eigenvalue weighted by Gasteiger charge is 2.20. The molecule has 1 heterocycles. The second kappa shape index (κ2) is 7.18. The Morgan fingerprint density at radius 1 is 1.09 bits per heavy atom. The van der Waals surface area contributed by atoms with Crippen molar-refractivity contribution in [2.75, 3.05) is 18.5 Å². The number of fused-ring (bicyclic) bond motifs is 1. The summed E-state index contributed by atoms with van der Waals surface area (Å²) in [5.41, 5.74) is 1.78. The summed E-state index contributed by atoms with van der Waals surface area (Å²) in [6.07, 6.45) is 1.77. The van der Waals surface area contributed by atoms with Gasteiger partial charge in [0.25, 0.3) is 0 Å². The van der Waals surface area contributed by atoms with E-state index in [0.29, 0.717) is 19.0 Å². The van der Waals surface area contributed by atoms with E-state index in [1.807, 2.05) is 48.5 Å².